The summed E-state index contributed by atoms with van der Waals surface area (Å²) in [6, 6.07) is 28.1. The molecule has 0 unspecified atom stereocenters. The van der Waals surface area contributed by atoms with Crippen LogP contribution in [0.1, 0.15) is 29.8 Å². The number of rotatable bonds is 3. The van der Waals surface area contributed by atoms with Crippen molar-refractivity contribution in [1.82, 2.24) is 0 Å². The lowest BCUT2D eigenvalue weighted by Crippen LogP contribution is -2.10. The molecule has 0 bridgehead atoms. The topological polar surface area (TPSA) is 26.3 Å². The van der Waals surface area contributed by atoms with Crippen LogP contribution in [0.4, 0.5) is 0 Å². The Hall–Kier alpha value is -2.14. The summed E-state index contributed by atoms with van der Waals surface area (Å²) in [6.45, 7) is 3.94. The molecular weight excluding hydrogens is 408 g/mol. The average molecular weight is 431 g/mol. The van der Waals surface area contributed by atoms with Crippen molar-refractivity contribution in [2.75, 3.05) is 0 Å². The van der Waals surface area contributed by atoms with Crippen LogP contribution in [-0.4, -0.2) is 16.3 Å². The first-order valence-corrected chi connectivity index (χ1v) is 9.88. The molecule has 5 heteroatoms. The highest BCUT2D eigenvalue weighted by molar-refractivity contribution is 7.97. The van der Waals surface area contributed by atoms with E-state index >= 15 is 0 Å². The minimum atomic E-state index is -0.185. The SMILES string of the molecule is CC(C)OC(=S)c1ccccc1.Clc1ccccc1.O=C(S)c1ccccc1. The van der Waals surface area contributed by atoms with Crippen LogP contribution in [0.3, 0.4) is 0 Å². The fraction of sp³-hybridized carbons (Fsp3) is 0.130. The van der Waals surface area contributed by atoms with Crippen LogP contribution in [0.2, 0.25) is 5.02 Å². The van der Waals surface area contributed by atoms with Gasteiger partial charge < -0.3 is 4.74 Å². The largest absolute Gasteiger partial charge is 0.480 e. The van der Waals surface area contributed by atoms with Gasteiger partial charge in [0.15, 0.2) is 5.05 Å². The van der Waals surface area contributed by atoms with Gasteiger partial charge in [-0.1, -0.05) is 90.5 Å². The third-order valence-corrected chi connectivity index (χ3v) is 3.95. The van der Waals surface area contributed by atoms with Crippen molar-refractivity contribution >= 4 is 46.6 Å². The van der Waals surface area contributed by atoms with Gasteiger partial charge >= 0.3 is 0 Å². The molecule has 3 aromatic carbocycles. The first-order valence-electron chi connectivity index (χ1n) is 8.65. The van der Waals surface area contributed by atoms with Gasteiger partial charge in [0.1, 0.15) is 0 Å². The molecule has 0 aliphatic carbocycles. The molecule has 2 nitrogen and oxygen atoms in total. The van der Waals surface area contributed by atoms with E-state index in [-0.39, 0.29) is 11.2 Å². The number of ether oxygens (including phenoxy) is 1. The highest BCUT2D eigenvalue weighted by atomic mass is 35.5. The summed E-state index contributed by atoms with van der Waals surface area (Å²) in [5.41, 5.74) is 1.61. The van der Waals surface area contributed by atoms with E-state index < -0.39 is 0 Å². The van der Waals surface area contributed by atoms with E-state index in [1.807, 2.05) is 92.7 Å². The summed E-state index contributed by atoms with van der Waals surface area (Å²) in [7, 11) is 0. The molecule has 0 heterocycles. The van der Waals surface area contributed by atoms with Crippen LogP contribution >= 0.6 is 36.4 Å². The molecular formula is C23H23ClO2S2. The molecule has 146 valence electrons. The maximum absolute atomic E-state index is 10.5. The first kappa shape index (κ1) is 23.9. The van der Waals surface area contributed by atoms with Gasteiger partial charge in [-0.2, -0.15) is 0 Å². The van der Waals surface area contributed by atoms with E-state index in [1.165, 1.54) is 0 Å². The molecule has 0 atom stereocenters. The zero-order valence-corrected chi connectivity index (χ0v) is 18.3. The normalized spacial score (nSPS) is 9.32. The van der Waals surface area contributed by atoms with E-state index in [2.05, 4.69) is 12.6 Å². The smallest absolute Gasteiger partial charge is 0.216 e. The number of hydrogen-bond donors (Lipinski definition) is 1. The lowest BCUT2D eigenvalue weighted by molar-refractivity contribution is 0.109. The summed E-state index contributed by atoms with van der Waals surface area (Å²) in [4.78, 5) is 10.5. The van der Waals surface area contributed by atoms with Crippen molar-refractivity contribution < 1.29 is 9.53 Å². The van der Waals surface area contributed by atoms with E-state index in [9.17, 15) is 4.79 Å². The number of thiol groups is 1. The fourth-order valence-corrected chi connectivity index (χ4v) is 2.47. The minimum Gasteiger partial charge on any atom is -0.480 e. The lowest BCUT2D eigenvalue weighted by atomic mass is 10.2. The molecule has 0 aromatic heterocycles. The van der Waals surface area contributed by atoms with Crippen LogP contribution < -0.4 is 0 Å². The van der Waals surface area contributed by atoms with Crippen LogP contribution in [0.25, 0.3) is 0 Å². The monoisotopic (exact) mass is 430 g/mol. The molecule has 0 N–H and O–H groups in total. The summed E-state index contributed by atoms with van der Waals surface area (Å²) in [5, 5.41) is 1.18. The third-order valence-electron chi connectivity index (χ3n) is 3.11. The number of carbonyl (C=O) groups is 1. The maximum Gasteiger partial charge on any atom is 0.216 e. The number of thiocarbonyl (C=S) groups is 1. The number of benzene rings is 3. The Morgan fingerprint density at radius 2 is 1.21 bits per heavy atom. The van der Waals surface area contributed by atoms with Crippen molar-refractivity contribution in [2.45, 2.75) is 20.0 Å². The first-order chi connectivity index (χ1) is 13.4. The van der Waals surface area contributed by atoms with Crippen LogP contribution in [-0.2, 0) is 4.74 Å². The molecule has 0 aliphatic rings. The second-order valence-electron chi connectivity index (χ2n) is 5.79. The summed E-state index contributed by atoms with van der Waals surface area (Å²) in [6.07, 6.45) is 0.151. The summed E-state index contributed by atoms with van der Waals surface area (Å²) in [5.74, 6) is 0. The Morgan fingerprint density at radius 3 is 1.50 bits per heavy atom. The van der Waals surface area contributed by atoms with E-state index in [0.717, 1.165) is 10.6 Å². The van der Waals surface area contributed by atoms with Crippen LogP contribution in [0.5, 0.6) is 0 Å². The number of halogens is 1. The molecule has 3 rings (SSSR count). The predicted octanol–water partition coefficient (Wildman–Crippen LogP) is 6.88. The number of carbonyl (C=O) groups excluding carboxylic acids is 1. The van der Waals surface area contributed by atoms with Gasteiger partial charge in [-0.05, 0) is 38.2 Å². The molecule has 0 radical (unpaired) electrons. The molecule has 0 spiro atoms. The van der Waals surface area contributed by atoms with Gasteiger partial charge in [0.2, 0.25) is 5.12 Å². The van der Waals surface area contributed by atoms with E-state index in [0.29, 0.717) is 10.6 Å². The molecule has 0 fully saturated rings. The Labute approximate surface area is 182 Å². The van der Waals surface area contributed by atoms with Crippen molar-refractivity contribution in [3.63, 3.8) is 0 Å². The molecule has 28 heavy (non-hydrogen) atoms. The Balaban J connectivity index is 0.000000218. The van der Waals surface area contributed by atoms with Gasteiger partial charge in [-0.15, -0.1) is 12.6 Å². The van der Waals surface area contributed by atoms with Gasteiger partial charge in [-0.25, -0.2) is 0 Å². The lowest BCUT2D eigenvalue weighted by Gasteiger charge is -2.09. The van der Waals surface area contributed by atoms with Gasteiger partial charge in [0.25, 0.3) is 0 Å². The zero-order valence-electron chi connectivity index (χ0n) is 15.8. The predicted molar refractivity (Wildman–Crippen MR) is 126 cm³/mol. The molecule has 0 saturated carbocycles. The number of hydrogen-bond acceptors (Lipinski definition) is 3. The molecule has 3 aromatic rings. The summed E-state index contributed by atoms with van der Waals surface area (Å²) >= 11 is 14.3. The van der Waals surface area contributed by atoms with Crippen LogP contribution in [0, 0.1) is 0 Å². The Morgan fingerprint density at radius 1 is 0.821 bits per heavy atom. The van der Waals surface area contributed by atoms with E-state index in [1.54, 1.807) is 12.1 Å². The minimum absolute atomic E-state index is 0.151. The highest BCUT2D eigenvalue weighted by Crippen LogP contribution is 2.05. The van der Waals surface area contributed by atoms with Gasteiger partial charge in [-0.3, -0.25) is 4.79 Å². The van der Waals surface area contributed by atoms with Gasteiger partial charge in [0.05, 0.1) is 6.10 Å². The summed E-state index contributed by atoms with van der Waals surface area (Å²) < 4.78 is 5.37. The molecule has 0 amide bonds. The second kappa shape index (κ2) is 13.9. The second-order valence-corrected chi connectivity index (χ2v) is 7.00. The average Bonchev–Trinajstić information content (AvgIpc) is 2.70. The quantitative estimate of drug-likeness (QED) is 0.362. The standard InChI is InChI=1S/C10H12OS.C7H6OS.C6H5Cl/c1-8(2)11-10(12)9-6-4-3-5-7-9;8-7(9)6-4-2-1-3-5-6;7-6-4-2-1-3-5-6/h3-8H,1-2H3;1-5H,(H,8,9);1-5H. The van der Waals surface area contributed by atoms with E-state index in [4.69, 9.17) is 28.6 Å². The Kier molecular flexibility index (Phi) is 11.9. The van der Waals surface area contributed by atoms with Crippen molar-refractivity contribution in [3.05, 3.63) is 107 Å². The van der Waals surface area contributed by atoms with Crippen molar-refractivity contribution in [2.24, 2.45) is 0 Å². The highest BCUT2D eigenvalue weighted by Gasteiger charge is 2.02. The zero-order chi connectivity index (χ0) is 20.8. The van der Waals surface area contributed by atoms with Crippen molar-refractivity contribution in [3.8, 4) is 0 Å². The molecule has 0 saturated heterocycles. The molecule has 0 aliphatic heterocycles. The van der Waals surface area contributed by atoms with Gasteiger partial charge in [0, 0.05) is 16.1 Å². The Bertz CT molecular complexity index is 823. The fourth-order valence-electron chi connectivity index (χ4n) is 1.85. The van der Waals surface area contributed by atoms with Crippen LogP contribution in [0.15, 0.2) is 91.0 Å². The third kappa shape index (κ3) is 10.9. The van der Waals surface area contributed by atoms with Crippen molar-refractivity contribution in [1.29, 1.82) is 0 Å². The maximum atomic E-state index is 10.5.